The van der Waals surface area contributed by atoms with Crippen molar-refractivity contribution in [2.24, 2.45) is 9.98 Å². The molecule has 8 aromatic carbocycles. The van der Waals surface area contributed by atoms with Crippen LogP contribution in [0.5, 0.6) is 0 Å². The molecule has 1 aliphatic rings. The van der Waals surface area contributed by atoms with Gasteiger partial charge >= 0.3 is 0 Å². The molecule has 57 heavy (non-hydrogen) atoms. The smallest absolute Gasteiger partial charge is 0.160 e. The van der Waals surface area contributed by atoms with Crippen LogP contribution in [0.1, 0.15) is 22.9 Å². The largest absolute Gasteiger partial charge is 0.455 e. The number of furan rings is 1. The second kappa shape index (κ2) is 12.6. The number of hydrogen-bond donors (Lipinski definition) is 1. The number of fused-ring (bicyclic) bond motifs is 9. The van der Waals surface area contributed by atoms with Crippen molar-refractivity contribution in [3.05, 3.63) is 199 Å². The van der Waals surface area contributed by atoms with Crippen LogP contribution in [0.3, 0.4) is 0 Å². The van der Waals surface area contributed by atoms with Gasteiger partial charge in [0.05, 0.1) is 22.1 Å². The van der Waals surface area contributed by atoms with Crippen LogP contribution in [0.25, 0.3) is 80.7 Å². The van der Waals surface area contributed by atoms with Crippen LogP contribution >= 0.6 is 11.3 Å². The van der Waals surface area contributed by atoms with Crippen LogP contribution < -0.4 is 5.32 Å². The Hall–Kier alpha value is -7.28. The predicted octanol–water partition coefficient (Wildman–Crippen LogP) is 13.2. The molecule has 5 nitrogen and oxygen atoms in total. The molecule has 268 valence electrons. The Labute approximate surface area is 331 Å². The van der Waals surface area contributed by atoms with Crippen molar-refractivity contribution in [3.8, 4) is 16.8 Å². The minimum atomic E-state index is -0.259. The average molecular weight is 749 g/mol. The molecule has 0 saturated heterocycles. The van der Waals surface area contributed by atoms with Crippen molar-refractivity contribution < 1.29 is 4.42 Å². The van der Waals surface area contributed by atoms with Crippen LogP contribution in [0.15, 0.2) is 196 Å². The van der Waals surface area contributed by atoms with Gasteiger partial charge in [-0.05, 0) is 53.6 Å². The summed E-state index contributed by atoms with van der Waals surface area (Å²) in [5.74, 6) is 1.54. The van der Waals surface area contributed by atoms with Crippen molar-refractivity contribution in [3.63, 3.8) is 0 Å². The zero-order valence-corrected chi connectivity index (χ0v) is 31.4. The van der Waals surface area contributed by atoms with E-state index in [1.165, 1.54) is 42.0 Å². The number of para-hydroxylation sites is 3. The molecule has 1 unspecified atom stereocenters. The summed E-state index contributed by atoms with van der Waals surface area (Å²) in [7, 11) is 0. The van der Waals surface area contributed by atoms with Gasteiger partial charge in [0.25, 0.3) is 0 Å². The van der Waals surface area contributed by atoms with E-state index >= 15 is 0 Å². The van der Waals surface area contributed by atoms with Crippen LogP contribution in [0.2, 0.25) is 0 Å². The van der Waals surface area contributed by atoms with Gasteiger partial charge in [-0.2, -0.15) is 0 Å². The van der Waals surface area contributed by atoms with Gasteiger partial charge in [0, 0.05) is 53.0 Å². The van der Waals surface area contributed by atoms with Gasteiger partial charge in [0.1, 0.15) is 23.2 Å². The van der Waals surface area contributed by atoms with Gasteiger partial charge in [-0.1, -0.05) is 140 Å². The highest BCUT2D eigenvalue weighted by Crippen LogP contribution is 2.43. The lowest BCUT2D eigenvalue weighted by Gasteiger charge is -2.23. The van der Waals surface area contributed by atoms with Gasteiger partial charge in [-0.15, -0.1) is 11.3 Å². The first-order valence-corrected chi connectivity index (χ1v) is 20.0. The van der Waals surface area contributed by atoms with Crippen LogP contribution in [-0.2, 0) is 0 Å². The van der Waals surface area contributed by atoms with Crippen molar-refractivity contribution in [2.75, 3.05) is 0 Å². The second-order valence-electron chi connectivity index (χ2n) is 14.5. The van der Waals surface area contributed by atoms with Gasteiger partial charge in [0.15, 0.2) is 5.84 Å². The Morgan fingerprint density at radius 2 is 1.21 bits per heavy atom. The number of nitrogens with one attached hydrogen (secondary N) is 1. The van der Waals surface area contributed by atoms with Crippen LogP contribution in [-0.4, -0.2) is 16.2 Å². The summed E-state index contributed by atoms with van der Waals surface area (Å²) in [6, 6.07) is 64.2. The quantitative estimate of drug-likeness (QED) is 0.191. The van der Waals surface area contributed by atoms with E-state index in [4.69, 9.17) is 14.4 Å². The molecular weight excluding hydrogens is 717 g/mol. The van der Waals surface area contributed by atoms with Crippen molar-refractivity contribution in [2.45, 2.75) is 6.17 Å². The highest BCUT2D eigenvalue weighted by Gasteiger charge is 2.24. The summed E-state index contributed by atoms with van der Waals surface area (Å²) in [6.07, 6.45) is -0.259. The number of thiophene rings is 1. The summed E-state index contributed by atoms with van der Waals surface area (Å²) in [5.41, 5.74) is 10.6. The number of hydrogen-bond acceptors (Lipinski definition) is 5. The molecule has 0 fully saturated rings. The topological polar surface area (TPSA) is 54.8 Å². The minimum Gasteiger partial charge on any atom is -0.455 e. The molecule has 1 N–H and O–H groups in total. The molecule has 3 aromatic heterocycles. The SMILES string of the molecule is c1ccc(C2=NC(c3cccc4c3sc3ccc(-c5cccc6c5oc5cccc(-n7c8ccccc8c8ccccc87)c56)cc34)=NC(c3ccccc3)N2)cc1. The van der Waals surface area contributed by atoms with Crippen LogP contribution in [0.4, 0.5) is 0 Å². The average Bonchev–Trinajstić information content (AvgIpc) is 3.96. The van der Waals surface area contributed by atoms with Crippen molar-refractivity contribution in [1.82, 2.24) is 9.88 Å². The maximum absolute atomic E-state index is 6.83. The Kier molecular flexibility index (Phi) is 7.09. The normalized spacial score (nSPS) is 14.5. The van der Waals surface area contributed by atoms with Crippen molar-refractivity contribution >= 4 is 86.9 Å². The first-order valence-electron chi connectivity index (χ1n) is 19.2. The van der Waals surface area contributed by atoms with Gasteiger partial charge in [-0.25, -0.2) is 9.98 Å². The summed E-state index contributed by atoms with van der Waals surface area (Å²) in [6.45, 7) is 0. The van der Waals surface area contributed by atoms with Gasteiger partial charge in [-0.3, -0.25) is 0 Å². The third kappa shape index (κ3) is 5.01. The fourth-order valence-electron chi connectivity index (χ4n) is 8.68. The molecule has 0 aliphatic carbocycles. The first kappa shape index (κ1) is 32.0. The van der Waals surface area contributed by atoms with Crippen molar-refractivity contribution in [1.29, 1.82) is 0 Å². The van der Waals surface area contributed by atoms with E-state index in [-0.39, 0.29) is 6.17 Å². The fourth-order valence-corrected chi connectivity index (χ4v) is 9.88. The number of aliphatic imine (C=N–C) groups is 2. The number of benzene rings is 8. The molecule has 11 aromatic rings. The molecule has 0 amide bonds. The summed E-state index contributed by atoms with van der Waals surface area (Å²) >= 11 is 1.79. The number of aromatic nitrogens is 1. The molecule has 0 radical (unpaired) electrons. The van der Waals surface area contributed by atoms with E-state index in [9.17, 15) is 0 Å². The molecule has 0 spiro atoms. The highest BCUT2D eigenvalue weighted by molar-refractivity contribution is 7.26. The second-order valence-corrected chi connectivity index (χ2v) is 15.6. The Balaban J connectivity index is 1.01. The Morgan fingerprint density at radius 3 is 2.00 bits per heavy atom. The number of nitrogens with zero attached hydrogens (tertiary/aromatic N) is 3. The van der Waals surface area contributed by atoms with Crippen LogP contribution in [0, 0.1) is 0 Å². The van der Waals surface area contributed by atoms with E-state index in [0.717, 1.165) is 67.1 Å². The monoisotopic (exact) mass is 748 g/mol. The zero-order valence-electron chi connectivity index (χ0n) is 30.6. The molecule has 1 atom stereocenters. The van der Waals surface area contributed by atoms with E-state index in [0.29, 0.717) is 0 Å². The van der Waals surface area contributed by atoms with Gasteiger partial charge in [0.2, 0.25) is 0 Å². The third-order valence-electron chi connectivity index (χ3n) is 11.3. The molecule has 6 heteroatoms. The lowest BCUT2D eigenvalue weighted by atomic mass is 9.99. The molecule has 0 bridgehead atoms. The molecule has 12 rings (SSSR count). The molecule has 1 aliphatic heterocycles. The lowest BCUT2D eigenvalue weighted by molar-refractivity contribution is 0.670. The Bertz CT molecular complexity index is 3390. The molecular formula is C51H32N4OS. The standard InChI is InChI=1S/C51H32N4OS/c1-3-14-31(15-4-1)49-52-50(32-16-5-2-6-17-32)54-51(53-49)39-23-12-21-37-40-30-33(28-29-45(40)57-48(37)39)34-20-11-22-38-46-43(26-13-27-44(46)56-47(34)38)55-41-24-9-7-18-35(41)36-19-8-10-25-42(36)55/h1-30,49H,(H,52,53,54). The zero-order chi connectivity index (χ0) is 37.5. The highest BCUT2D eigenvalue weighted by atomic mass is 32.1. The summed E-state index contributed by atoms with van der Waals surface area (Å²) < 4.78 is 11.6. The third-order valence-corrected chi connectivity index (χ3v) is 12.5. The minimum absolute atomic E-state index is 0.259. The first-order chi connectivity index (χ1) is 28.3. The maximum atomic E-state index is 6.83. The predicted molar refractivity (Wildman–Crippen MR) is 238 cm³/mol. The van der Waals surface area contributed by atoms with E-state index in [1.807, 2.05) is 24.3 Å². The fraction of sp³-hybridized carbons (Fsp3) is 0.0196. The van der Waals surface area contributed by atoms with E-state index in [2.05, 4.69) is 168 Å². The summed E-state index contributed by atoms with van der Waals surface area (Å²) in [4.78, 5) is 10.4. The van der Waals surface area contributed by atoms with Gasteiger partial charge < -0.3 is 14.3 Å². The molecule has 0 saturated carbocycles. The Morgan fingerprint density at radius 1 is 0.544 bits per heavy atom. The number of amidine groups is 2. The maximum Gasteiger partial charge on any atom is 0.160 e. The lowest BCUT2D eigenvalue weighted by Crippen LogP contribution is -2.33. The number of rotatable bonds is 5. The van der Waals surface area contributed by atoms with E-state index < -0.39 is 0 Å². The van der Waals surface area contributed by atoms with E-state index in [1.54, 1.807) is 11.3 Å². The molecule has 4 heterocycles. The summed E-state index contributed by atoms with van der Waals surface area (Å²) in [5, 5.41) is 10.7.